The number of carbonyl (C=O) groups excluding carboxylic acids is 1. The number of hydrogen-bond acceptors (Lipinski definition) is 3. The maximum absolute atomic E-state index is 10.2. The van der Waals surface area contributed by atoms with Crippen molar-refractivity contribution in [1.82, 2.24) is 0 Å². The van der Waals surface area contributed by atoms with Gasteiger partial charge in [0.15, 0.2) is 0 Å². The van der Waals surface area contributed by atoms with Gasteiger partial charge in [-0.15, -0.1) is 12.1 Å². The van der Waals surface area contributed by atoms with Crippen LogP contribution in [0, 0.1) is 6.61 Å². The molecule has 0 aromatic heterocycles. The molecule has 0 unspecified atom stereocenters. The summed E-state index contributed by atoms with van der Waals surface area (Å²) < 4.78 is 5.48. The summed E-state index contributed by atoms with van der Waals surface area (Å²) in [4.78, 5) is 13.8. The number of hydrogen-bond donors (Lipinski definition) is 0. The fourth-order valence-electron chi connectivity index (χ4n) is 1.36. The Morgan fingerprint density at radius 2 is 1.67 bits per heavy atom. The van der Waals surface area contributed by atoms with E-state index in [2.05, 4.69) is 4.99 Å². The van der Waals surface area contributed by atoms with E-state index < -0.39 is 0 Å². The Bertz CT molecular complexity index is 537. The van der Waals surface area contributed by atoms with Gasteiger partial charge in [0.25, 0.3) is 0 Å². The van der Waals surface area contributed by atoms with Crippen LogP contribution in [0.5, 0.6) is 5.75 Å². The van der Waals surface area contributed by atoms with Crippen LogP contribution in [0.3, 0.4) is 0 Å². The quantitative estimate of drug-likeness (QED) is 0.327. The summed E-state index contributed by atoms with van der Waals surface area (Å²) >= 11 is 0. The van der Waals surface area contributed by atoms with E-state index in [1.165, 1.54) is 6.08 Å². The van der Waals surface area contributed by atoms with E-state index in [0.717, 1.165) is 5.56 Å². The molecule has 0 fully saturated rings. The van der Waals surface area contributed by atoms with Crippen LogP contribution in [-0.2, 0) is 4.79 Å². The number of para-hydroxylation sites is 2. The van der Waals surface area contributed by atoms with Gasteiger partial charge in [-0.1, -0.05) is 18.2 Å². The first-order valence-electron chi connectivity index (χ1n) is 5.12. The van der Waals surface area contributed by atoms with Crippen LogP contribution in [0.15, 0.2) is 59.6 Å². The zero-order valence-electron chi connectivity index (χ0n) is 10.0. The van der Waals surface area contributed by atoms with Crippen molar-refractivity contribution in [2.45, 2.75) is 0 Å². The monoisotopic (exact) mass is 231 g/mol. The van der Waals surface area contributed by atoms with Crippen LogP contribution in [0.2, 0.25) is 0 Å². The number of benzene rings is 2. The van der Waals surface area contributed by atoms with Crippen molar-refractivity contribution in [3.63, 3.8) is 0 Å². The first kappa shape index (κ1) is 14.1. The van der Waals surface area contributed by atoms with Gasteiger partial charge in [-0.2, -0.15) is 22.7 Å². The maximum Gasteiger partial charge on any atom is 1.00 e. The molecule has 4 heteroatoms. The minimum absolute atomic E-state index is 0. The molecule has 2 aromatic carbocycles. The van der Waals surface area contributed by atoms with Crippen molar-refractivity contribution in [1.29, 1.82) is 0 Å². The standard InChI is InChI=1S/C14H10NO2.Li/c16-11-15-13-8-4-5-9-14(13)17-10-12-6-2-1-3-7-12;/h1-10H;/q-1;+1. The Hall–Kier alpha value is -1.91. The number of nitrogens with zero attached hydrogens (tertiary/aromatic N) is 1. The molecular weight excluding hydrogens is 221 g/mol. The summed E-state index contributed by atoms with van der Waals surface area (Å²) in [6.45, 7) is 1.61. The number of isocyanates is 1. The van der Waals surface area contributed by atoms with E-state index >= 15 is 0 Å². The first-order valence-corrected chi connectivity index (χ1v) is 5.12. The average molecular weight is 231 g/mol. The van der Waals surface area contributed by atoms with Crippen molar-refractivity contribution in [2.24, 2.45) is 4.99 Å². The Morgan fingerprint density at radius 3 is 2.39 bits per heavy atom. The second-order valence-corrected chi connectivity index (χ2v) is 3.32. The van der Waals surface area contributed by atoms with Crippen LogP contribution >= 0.6 is 0 Å². The van der Waals surface area contributed by atoms with Crippen LogP contribution in [0.1, 0.15) is 5.56 Å². The summed E-state index contributed by atoms with van der Waals surface area (Å²) in [6.07, 6.45) is 1.50. The number of rotatable bonds is 4. The summed E-state index contributed by atoms with van der Waals surface area (Å²) in [7, 11) is 0. The molecule has 2 rings (SSSR count). The first-order chi connectivity index (χ1) is 8.40. The molecule has 0 atom stereocenters. The molecule has 0 radical (unpaired) electrons. The van der Waals surface area contributed by atoms with Gasteiger partial charge in [0, 0.05) is 0 Å². The molecule has 18 heavy (non-hydrogen) atoms. The van der Waals surface area contributed by atoms with Crippen LogP contribution in [0.4, 0.5) is 5.69 Å². The summed E-state index contributed by atoms with van der Waals surface area (Å²) in [5.74, 6) is 0.528. The van der Waals surface area contributed by atoms with Gasteiger partial charge in [-0.05, 0) is 18.7 Å². The predicted octanol–water partition coefficient (Wildman–Crippen LogP) is 0.247. The Morgan fingerprint density at radius 1 is 1.00 bits per heavy atom. The van der Waals surface area contributed by atoms with E-state index in [1.807, 2.05) is 36.4 Å². The Kier molecular flexibility index (Phi) is 5.83. The fraction of sp³-hybridized carbons (Fsp3) is 0. The SMILES string of the molecule is O=C=Nc1ccccc1O[CH-]c1ccccc1.[Li+]. The third-order valence-corrected chi connectivity index (χ3v) is 2.15. The minimum atomic E-state index is 0. The molecule has 0 heterocycles. The van der Waals surface area contributed by atoms with Crippen molar-refractivity contribution >= 4 is 11.8 Å². The van der Waals surface area contributed by atoms with Gasteiger partial charge >= 0.3 is 18.9 Å². The van der Waals surface area contributed by atoms with Gasteiger partial charge in [-0.3, -0.25) is 0 Å². The maximum atomic E-state index is 10.2. The molecular formula is C14H10LiNO2. The van der Waals surface area contributed by atoms with E-state index in [9.17, 15) is 4.79 Å². The van der Waals surface area contributed by atoms with Gasteiger partial charge in [0.2, 0.25) is 6.08 Å². The molecule has 2 aromatic rings. The van der Waals surface area contributed by atoms with Crippen LogP contribution in [0.25, 0.3) is 0 Å². The molecule has 0 aliphatic carbocycles. The predicted molar refractivity (Wildman–Crippen MR) is 64.7 cm³/mol. The molecule has 0 saturated carbocycles. The summed E-state index contributed by atoms with van der Waals surface area (Å²) in [5, 5.41) is 0. The molecule has 0 spiro atoms. The van der Waals surface area contributed by atoms with Crippen molar-refractivity contribution in [3.8, 4) is 5.75 Å². The fourth-order valence-corrected chi connectivity index (χ4v) is 1.36. The zero-order valence-corrected chi connectivity index (χ0v) is 10.0. The zero-order chi connectivity index (χ0) is 11.9. The largest absolute Gasteiger partial charge is 1.00 e. The van der Waals surface area contributed by atoms with Gasteiger partial charge < -0.3 is 4.74 Å². The van der Waals surface area contributed by atoms with Crippen molar-refractivity contribution < 1.29 is 28.4 Å². The van der Waals surface area contributed by atoms with E-state index in [-0.39, 0.29) is 18.9 Å². The molecule has 0 aliphatic rings. The normalized spacial score (nSPS) is 8.67. The van der Waals surface area contributed by atoms with Crippen molar-refractivity contribution in [2.75, 3.05) is 0 Å². The molecule has 0 N–H and O–H groups in total. The molecule has 0 saturated heterocycles. The van der Waals surface area contributed by atoms with Crippen molar-refractivity contribution in [3.05, 3.63) is 66.8 Å². The molecule has 84 valence electrons. The molecule has 0 bridgehead atoms. The summed E-state index contributed by atoms with van der Waals surface area (Å²) in [6, 6.07) is 16.7. The van der Waals surface area contributed by atoms with Crippen LogP contribution < -0.4 is 23.6 Å². The Labute approximate surface area is 118 Å². The van der Waals surface area contributed by atoms with E-state index in [0.29, 0.717) is 11.4 Å². The van der Waals surface area contributed by atoms with E-state index in [1.54, 1.807) is 24.8 Å². The number of aliphatic imine (C=N–C) groups is 1. The molecule has 0 aliphatic heterocycles. The van der Waals surface area contributed by atoms with Crippen LogP contribution in [-0.4, -0.2) is 6.08 Å². The van der Waals surface area contributed by atoms with Gasteiger partial charge in [0.05, 0.1) is 0 Å². The third kappa shape index (κ3) is 3.83. The van der Waals surface area contributed by atoms with Gasteiger partial charge in [0.1, 0.15) is 11.4 Å². The van der Waals surface area contributed by atoms with Gasteiger partial charge in [-0.25, -0.2) is 4.79 Å². The Balaban J connectivity index is 0.00000162. The topological polar surface area (TPSA) is 38.7 Å². The average Bonchev–Trinajstić information content (AvgIpc) is 2.39. The molecule has 0 amide bonds. The minimum Gasteiger partial charge on any atom is -0.522 e. The number of ether oxygens (including phenoxy) is 1. The second kappa shape index (κ2) is 7.42. The second-order valence-electron chi connectivity index (χ2n) is 3.32. The smallest absolute Gasteiger partial charge is 0.522 e. The van der Waals surface area contributed by atoms with E-state index in [4.69, 9.17) is 4.74 Å². The summed E-state index contributed by atoms with van der Waals surface area (Å²) in [5.41, 5.74) is 1.41. The third-order valence-electron chi connectivity index (χ3n) is 2.15. The molecule has 3 nitrogen and oxygen atoms in total.